The van der Waals surface area contributed by atoms with Gasteiger partial charge in [0.05, 0.1) is 0 Å². The Balaban J connectivity index is 3.15. The van der Waals surface area contributed by atoms with Crippen molar-refractivity contribution in [2.45, 2.75) is 95.6 Å². The number of hydrogen-bond donors (Lipinski definition) is 4. The number of hydrogen-bond acceptors (Lipinski definition) is 4. The van der Waals surface area contributed by atoms with E-state index in [1.54, 1.807) is 0 Å². The fraction of sp³-hybridized carbons (Fsp3) is 1.00. The first-order valence-corrected chi connectivity index (χ1v) is 9.12. The molecule has 0 fully saturated rings. The summed E-state index contributed by atoms with van der Waals surface area (Å²) in [7, 11) is 0. The molecule has 0 spiro atoms. The second-order valence-corrected chi connectivity index (χ2v) is 6.43. The van der Waals surface area contributed by atoms with Crippen LogP contribution in [-0.2, 0) is 0 Å². The van der Waals surface area contributed by atoms with Crippen molar-refractivity contribution in [2.24, 2.45) is 22.9 Å². The third kappa shape index (κ3) is 16.0. The van der Waals surface area contributed by atoms with E-state index in [2.05, 4.69) is 0 Å². The van der Waals surface area contributed by atoms with Crippen LogP contribution < -0.4 is 22.9 Å². The maximum absolute atomic E-state index is 6.03. The Kier molecular flexibility index (Phi) is 16.1. The van der Waals surface area contributed by atoms with E-state index in [-0.39, 0.29) is 0 Å². The maximum Gasteiger partial charge on any atom is 0.00392 e. The molecule has 21 heavy (non-hydrogen) atoms. The van der Waals surface area contributed by atoms with Gasteiger partial charge in [-0.3, -0.25) is 0 Å². The molecule has 0 aliphatic heterocycles. The van der Waals surface area contributed by atoms with Gasteiger partial charge in [-0.2, -0.15) is 0 Å². The molecule has 0 aromatic rings. The van der Waals surface area contributed by atoms with Crippen LogP contribution in [0.3, 0.4) is 0 Å². The van der Waals surface area contributed by atoms with Crippen LogP contribution in [0.15, 0.2) is 0 Å². The first kappa shape index (κ1) is 20.8. The van der Waals surface area contributed by atoms with Gasteiger partial charge >= 0.3 is 0 Å². The predicted molar refractivity (Wildman–Crippen MR) is 94.1 cm³/mol. The lowest BCUT2D eigenvalue weighted by Crippen LogP contribution is -2.20. The first-order valence-electron chi connectivity index (χ1n) is 9.12. The Morgan fingerprint density at radius 2 is 0.714 bits per heavy atom. The van der Waals surface area contributed by atoms with Gasteiger partial charge in [0.1, 0.15) is 0 Å². The Labute approximate surface area is 132 Å². The lowest BCUT2D eigenvalue weighted by atomic mass is 10.0. The molecule has 0 aromatic carbocycles. The zero-order chi connectivity index (χ0) is 15.8. The van der Waals surface area contributed by atoms with Gasteiger partial charge in [0.2, 0.25) is 0 Å². The summed E-state index contributed by atoms with van der Waals surface area (Å²) >= 11 is 0. The molecular formula is C17H40N4. The Morgan fingerprint density at radius 3 is 1.05 bits per heavy atom. The van der Waals surface area contributed by atoms with Gasteiger partial charge in [0, 0.05) is 12.1 Å². The van der Waals surface area contributed by atoms with Crippen molar-refractivity contribution < 1.29 is 0 Å². The van der Waals surface area contributed by atoms with Crippen LogP contribution >= 0.6 is 0 Å². The van der Waals surface area contributed by atoms with Gasteiger partial charge < -0.3 is 22.9 Å². The molecular weight excluding hydrogens is 260 g/mol. The topological polar surface area (TPSA) is 104 Å². The summed E-state index contributed by atoms with van der Waals surface area (Å²) in [5.41, 5.74) is 23.0. The van der Waals surface area contributed by atoms with Gasteiger partial charge in [-0.1, -0.05) is 44.9 Å². The zero-order valence-electron chi connectivity index (χ0n) is 14.1. The second kappa shape index (κ2) is 16.2. The van der Waals surface area contributed by atoms with E-state index >= 15 is 0 Å². The molecule has 0 amide bonds. The van der Waals surface area contributed by atoms with Crippen LogP contribution in [0.4, 0.5) is 0 Å². The van der Waals surface area contributed by atoms with Gasteiger partial charge in [0.15, 0.2) is 0 Å². The van der Waals surface area contributed by atoms with E-state index in [1.807, 2.05) is 0 Å². The molecule has 0 aliphatic carbocycles. The quantitative estimate of drug-likeness (QED) is 0.329. The van der Waals surface area contributed by atoms with Crippen molar-refractivity contribution in [2.75, 3.05) is 13.1 Å². The minimum absolute atomic E-state index is 0.364. The highest BCUT2D eigenvalue weighted by atomic mass is 14.6. The van der Waals surface area contributed by atoms with Crippen molar-refractivity contribution in [3.63, 3.8) is 0 Å². The molecule has 4 nitrogen and oxygen atoms in total. The molecule has 2 atom stereocenters. The van der Waals surface area contributed by atoms with E-state index in [0.29, 0.717) is 12.1 Å². The number of nitrogens with two attached hydrogens (primary N) is 4. The average Bonchev–Trinajstić information content (AvgIpc) is 2.49. The molecule has 0 saturated heterocycles. The van der Waals surface area contributed by atoms with Crippen molar-refractivity contribution in [1.29, 1.82) is 0 Å². The summed E-state index contributed by atoms with van der Waals surface area (Å²) in [6, 6.07) is 0.729. The lowest BCUT2D eigenvalue weighted by molar-refractivity contribution is 0.485. The molecule has 0 rings (SSSR count). The molecule has 8 N–H and O–H groups in total. The standard InChI is InChI=1S/C17H40N4/c18-14-8-12-16(20)10-6-4-2-1-3-5-7-11-17(21)13-9-15-19/h16-17H,1-15,18-21H2. The van der Waals surface area contributed by atoms with Gasteiger partial charge in [0.25, 0.3) is 0 Å². The van der Waals surface area contributed by atoms with Crippen LogP contribution in [0.1, 0.15) is 83.5 Å². The fourth-order valence-corrected chi connectivity index (χ4v) is 2.75. The highest BCUT2D eigenvalue weighted by Crippen LogP contribution is 2.12. The van der Waals surface area contributed by atoms with Gasteiger partial charge in [-0.05, 0) is 51.6 Å². The highest BCUT2D eigenvalue weighted by Gasteiger charge is 2.02. The van der Waals surface area contributed by atoms with Gasteiger partial charge in [-0.15, -0.1) is 0 Å². The smallest absolute Gasteiger partial charge is 0.00392 e. The minimum atomic E-state index is 0.364. The summed E-state index contributed by atoms with van der Waals surface area (Å²) in [6.07, 6.45) is 15.9. The van der Waals surface area contributed by atoms with Crippen LogP contribution in [-0.4, -0.2) is 25.2 Å². The van der Waals surface area contributed by atoms with Crippen molar-refractivity contribution in [3.05, 3.63) is 0 Å². The Bertz CT molecular complexity index is 179. The van der Waals surface area contributed by atoms with E-state index in [9.17, 15) is 0 Å². The largest absolute Gasteiger partial charge is 0.330 e. The average molecular weight is 301 g/mol. The summed E-state index contributed by atoms with van der Waals surface area (Å²) in [5.74, 6) is 0. The van der Waals surface area contributed by atoms with Crippen LogP contribution in [0.2, 0.25) is 0 Å². The van der Waals surface area contributed by atoms with Crippen molar-refractivity contribution >= 4 is 0 Å². The third-order valence-corrected chi connectivity index (χ3v) is 4.21. The molecule has 0 bridgehead atoms. The number of rotatable bonds is 16. The van der Waals surface area contributed by atoms with E-state index in [4.69, 9.17) is 22.9 Å². The number of unbranched alkanes of at least 4 members (excludes halogenated alkanes) is 6. The Morgan fingerprint density at radius 1 is 0.429 bits per heavy atom. The van der Waals surface area contributed by atoms with Crippen LogP contribution in [0.5, 0.6) is 0 Å². The Hall–Kier alpha value is -0.160. The monoisotopic (exact) mass is 300 g/mol. The van der Waals surface area contributed by atoms with Crippen LogP contribution in [0.25, 0.3) is 0 Å². The normalized spacial score (nSPS) is 14.3. The maximum atomic E-state index is 6.03. The molecule has 0 aromatic heterocycles. The zero-order valence-corrected chi connectivity index (χ0v) is 14.1. The molecule has 0 radical (unpaired) electrons. The second-order valence-electron chi connectivity index (χ2n) is 6.43. The first-order chi connectivity index (χ1) is 10.2. The lowest BCUT2D eigenvalue weighted by Gasteiger charge is -2.11. The fourth-order valence-electron chi connectivity index (χ4n) is 2.75. The molecule has 2 unspecified atom stereocenters. The highest BCUT2D eigenvalue weighted by molar-refractivity contribution is 4.63. The molecule has 0 saturated carbocycles. The SMILES string of the molecule is NCCCC(N)CCCCCCCCCC(N)CCCN. The molecule has 0 aliphatic rings. The summed E-state index contributed by atoms with van der Waals surface area (Å²) in [6.45, 7) is 1.53. The van der Waals surface area contributed by atoms with E-state index < -0.39 is 0 Å². The van der Waals surface area contributed by atoms with E-state index in [0.717, 1.165) is 51.6 Å². The third-order valence-electron chi connectivity index (χ3n) is 4.21. The van der Waals surface area contributed by atoms with Gasteiger partial charge in [-0.25, -0.2) is 0 Å². The summed E-state index contributed by atoms with van der Waals surface area (Å²) in [4.78, 5) is 0. The molecule has 4 heteroatoms. The predicted octanol–water partition coefficient (Wildman–Crippen LogP) is 2.63. The van der Waals surface area contributed by atoms with E-state index in [1.165, 1.54) is 44.9 Å². The van der Waals surface area contributed by atoms with Crippen molar-refractivity contribution in [3.8, 4) is 0 Å². The minimum Gasteiger partial charge on any atom is -0.330 e. The van der Waals surface area contributed by atoms with Crippen molar-refractivity contribution in [1.82, 2.24) is 0 Å². The summed E-state index contributed by atoms with van der Waals surface area (Å²) < 4.78 is 0. The molecule has 128 valence electrons. The van der Waals surface area contributed by atoms with Crippen LogP contribution in [0, 0.1) is 0 Å². The molecule has 0 heterocycles. The summed E-state index contributed by atoms with van der Waals surface area (Å²) in [5, 5.41) is 0.